The average Bonchev–Trinajstić information content (AvgIpc) is 3.28. The Hall–Kier alpha value is -4.00. The van der Waals surface area contributed by atoms with Gasteiger partial charge in [0.25, 0.3) is 5.91 Å². The summed E-state index contributed by atoms with van der Waals surface area (Å²) in [6, 6.07) is 19.3. The van der Waals surface area contributed by atoms with Crippen molar-refractivity contribution >= 4 is 5.91 Å². The van der Waals surface area contributed by atoms with Gasteiger partial charge in [0.15, 0.2) is 5.69 Å². The van der Waals surface area contributed by atoms with Crippen LogP contribution in [0.25, 0.3) is 16.9 Å². The van der Waals surface area contributed by atoms with Crippen LogP contribution in [0, 0.1) is 6.92 Å². The Balaban J connectivity index is 1.57. The van der Waals surface area contributed by atoms with Crippen LogP contribution in [0.15, 0.2) is 73.1 Å². The van der Waals surface area contributed by atoms with Crippen molar-refractivity contribution in [2.45, 2.75) is 26.8 Å². The molecule has 4 aromatic rings. The number of aryl methyl sites for hydroxylation is 1. The first-order valence-electron chi connectivity index (χ1n) is 10.6. The number of nitrogens with zero attached hydrogens (tertiary/aromatic N) is 4. The van der Waals surface area contributed by atoms with E-state index < -0.39 is 0 Å². The molecule has 7 heteroatoms. The van der Waals surface area contributed by atoms with Gasteiger partial charge in [-0.05, 0) is 55.3 Å². The Morgan fingerprint density at radius 1 is 1.06 bits per heavy atom. The summed E-state index contributed by atoms with van der Waals surface area (Å²) in [4.78, 5) is 17.2. The highest BCUT2D eigenvalue weighted by Gasteiger charge is 2.22. The van der Waals surface area contributed by atoms with Crippen LogP contribution < -0.4 is 10.1 Å². The van der Waals surface area contributed by atoms with Gasteiger partial charge in [-0.1, -0.05) is 42.0 Å². The lowest BCUT2D eigenvalue weighted by atomic mass is 10.1. The zero-order valence-electron chi connectivity index (χ0n) is 18.2. The van der Waals surface area contributed by atoms with E-state index in [-0.39, 0.29) is 11.6 Å². The quantitative estimate of drug-likeness (QED) is 0.452. The lowest BCUT2D eigenvalue weighted by Gasteiger charge is -2.09. The number of hydrogen-bond donors (Lipinski definition) is 1. The van der Waals surface area contributed by atoms with Gasteiger partial charge >= 0.3 is 0 Å². The summed E-state index contributed by atoms with van der Waals surface area (Å²) in [5.74, 6) is 0.523. The molecule has 0 spiro atoms. The van der Waals surface area contributed by atoms with Crippen molar-refractivity contribution in [1.82, 2.24) is 25.3 Å². The predicted molar refractivity (Wildman–Crippen MR) is 123 cm³/mol. The second kappa shape index (κ2) is 9.87. The van der Waals surface area contributed by atoms with Crippen LogP contribution in [0.2, 0.25) is 0 Å². The van der Waals surface area contributed by atoms with Gasteiger partial charge in [-0.25, -0.2) is 4.68 Å². The molecule has 7 nitrogen and oxygen atoms in total. The third kappa shape index (κ3) is 4.83. The van der Waals surface area contributed by atoms with E-state index in [4.69, 9.17) is 4.74 Å². The molecule has 0 aliphatic rings. The van der Waals surface area contributed by atoms with Gasteiger partial charge in [-0.15, -0.1) is 5.10 Å². The molecule has 2 aromatic carbocycles. The van der Waals surface area contributed by atoms with E-state index in [0.29, 0.717) is 18.8 Å². The van der Waals surface area contributed by atoms with E-state index in [1.807, 2.05) is 67.6 Å². The van der Waals surface area contributed by atoms with Crippen molar-refractivity contribution in [3.63, 3.8) is 0 Å². The Morgan fingerprint density at radius 2 is 1.84 bits per heavy atom. The summed E-state index contributed by atoms with van der Waals surface area (Å²) in [6.07, 6.45) is 4.35. The van der Waals surface area contributed by atoms with Crippen molar-refractivity contribution in [3.05, 3.63) is 89.9 Å². The predicted octanol–water partition coefficient (Wildman–Crippen LogP) is 4.36. The van der Waals surface area contributed by atoms with Crippen LogP contribution in [0.3, 0.4) is 0 Å². The molecular weight excluding hydrogens is 402 g/mol. The van der Waals surface area contributed by atoms with E-state index in [1.54, 1.807) is 17.1 Å². The maximum absolute atomic E-state index is 13.0. The average molecular weight is 428 g/mol. The van der Waals surface area contributed by atoms with E-state index in [0.717, 1.165) is 34.5 Å². The van der Waals surface area contributed by atoms with Crippen LogP contribution >= 0.6 is 0 Å². The number of carbonyl (C=O) groups excluding carboxylic acids is 1. The number of nitrogens with one attached hydrogen (secondary N) is 1. The Kier molecular flexibility index (Phi) is 6.55. The van der Waals surface area contributed by atoms with Crippen LogP contribution in [0.4, 0.5) is 0 Å². The maximum Gasteiger partial charge on any atom is 0.274 e. The molecule has 0 saturated carbocycles. The molecule has 1 amide bonds. The van der Waals surface area contributed by atoms with Crippen molar-refractivity contribution in [2.24, 2.45) is 0 Å². The monoisotopic (exact) mass is 427 g/mol. The Morgan fingerprint density at radius 3 is 2.53 bits per heavy atom. The zero-order chi connectivity index (χ0) is 22.3. The molecule has 0 atom stereocenters. The van der Waals surface area contributed by atoms with E-state index >= 15 is 0 Å². The highest BCUT2D eigenvalue weighted by molar-refractivity contribution is 5.98. The molecule has 0 aliphatic heterocycles. The third-order valence-corrected chi connectivity index (χ3v) is 4.95. The molecule has 0 unspecified atom stereocenters. The number of carbonyl (C=O) groups is 1. The number of hydrogen-bond acceptors (Lipinski definition) is 5. The highest BCUT2D eigenvalue weighted by Crippen LogP contribution is 2.25. The number of rotatable bonds is 8. The molecule has 32 heavy (non-hydrogen) atoms. The van der Waals surface area contributed by atoms with Gasteiger partial charge in [-0.3, -0.25) is 9.78 Å². The lowest BCUT2D eigenvalue weighted by molar-refractivity contribution is 0.0946. The summed E-state index contributed by atoms with van der Waals surface area (Å²) < 4.78 is 7.28. The van der Waals surface area contributed by atoms with Crippen LogP contribution in [0.1, 0.15) is 35.0 Å². The van der Waals surface area contributed by atoms with Gasteiger partial charge in [0.05, 0.1) is 12.3 Å². The fraction of sp³-hybridized carbons (Fsp3) is 0.200. The topological polar surface area (TPSA) is 81.9 Å². The number of ether oxygens (including phenoxy) is 1. The standard InChI is InChI=1S/C25H25N5O2/c1-3-15-32-22-12-8-19(9-13-22)16-27-25(31)23-24(20-5-4-14-26-17-20)30(29-28-23)21-10-6-18(2)7-11-21/h4-14,17H,3,15-16H2,1-2H3,(H,27,31). The third-order valence-electron chi connectivity index (χ3n) is 4.95. The molecule has 0 bridgehead atoms. The van der Waals surface area contributed by atoms with Crippen molar-refractivity contribution < 1.29 is 9.53 Å². The largest absolute Gasteiger partial charge is 0.494 e. The van der Waals surface area contributed by atoms with Gasteiger partial charge in [0.1, 0.15) is 11.4 Å². The fourth-order valence-electron chi connectivity index (χ4n) is 3.25. The normalized spacial score (nSPS) is 10.7. The Bertz CT molecular complexity index is 1170. The second-order valence-electron chi connectivity index (χ2n) is 7.45. The van der Waals surface area contributed by atoms with Crippen molar-refractivity contribution in [3.8, 4) is 22.7 Å². The molecule has 4 rings (SSSR count). The molecular formula is C25H25N5O2. The first kappa shape index (κ1) is 21.2. The van der Waals surface area contributed by atoms with Crippen LogP contribution in [-0.4, -0.2) is 32.5 Å². The minimum atomic E-state index is -0.298. The number of benzene rings is 2. The van der Waals surface area contributed by atoms with E-state index in [9.17, 15) is 4.79 Å². The van der Waals surface area contributed by atoms with Gasteiger partial charge in [0.2, 0.25) is 0 Å². The number of aromatic nitrogens is 4. The zero-order valence-corrected chi connectivity index (χ0v) is 18.2. The highest BCUT2D eigenvalue weighted by atomic mass is 16.5. The molecule has 0 saturated heterocycles. The molecule has 2 aromatic heterocycles. The smallest absolute Gasteiger partial charge is 0.274 e. The molecule has 162 valence electrons. The Labute approximate surface area is 187 Å². The summed E-state index contributed by atoms with van der Waals surface area (Å²) >= 11 is 0. The first-order valence-corrected chi connectivity index (χ1v) is 10.6. The first-order chi connectivity index (χ1) is 15.7. The number of amides is 1. The molecule has 0 radical (unpaired) electrons. The molecule has 1 N–H and O–H groups in total. The SMILES string of the molecule is CCCOc1ccc(CNC(=O)c2nnn(-c3ccc(C)cc3)c2-c2cccnc2)cc1. The molecule has 2 heterocycles. The lowest BCUT2D eigenvalue weighted by Crippen LogP contribution is -2.24. The molecule has 0 aliphatic carbocycles. The summed E-state index contributed by atoms with van der Waals surface area (Å²) in [5, 5.41) is 11.4. The van der Waals surface area contributed by atoms with Gasteiger partial charge < -0.3 is 10.1 Å². The fourth-order valence-corrected chi connectivity index (χ4v) is 3.25. The van der Waals surface area contributed by atoms with Gasteiger partial charge in [-0.2, -0.15) is 0 Å². The summed E-state index contributed by atoms with van der Waals surface area (Å²) in [6.45, 7) is 5.15. The van der Waals surface area contributed by atoms with Crippen molar-refractivity contribution in [1.29, 1.82) is 0 Å². The minimum absolute atomic E-state index is 0.251. The van der Waals surface area contributed by atoms with E-state index in [2.05, 4.69) is 27.5 Å². The van der Waals surface area contributed by atoms with Crippen LogP contribution in [0.5, 0.6) is 5.75 Å². The number of pyridine rings is 1. The molecule has 0 fully saturated rings. The van der Waals surface area contributed by atoms with E-state index in [1.165, 1.54) is 0 Å². The summed E-state index contributed by atoms with van der Waals surface area (Å²) in [7, 11) is 0. The second-order valence-corrected chi connectivity index (χ2v) is 7.45. The van der Waals surface area contributed by atoms with Crippen molar-refractivity contribution in [2.75, 3.05) is 6.61 Å². The van der Waals surface area contributed by atoms with Crippen LogP contribution in [-0.2, 0) is 6.54 Å². The minimum Gasteiger partial charge on any atom is -0.494 e. The maximum atomic E-state index is 13.0. The van der Waals surface area contributed by atoms with Gasteiger partial charge in [0, 0.05) is 24.5 Å². The summed E-state index contributed by atoms with van der Waals surface area (Å²) in [5.41, 5.74) is 4.55.